The SMILES string of the molecule is CNC1CCCN(C(C)C(=O)NC(C)c2ccccc2OC)C1.Cl. The number of likely N-dealkylation sites (tertiary alicyclic amines) is 1. The number of piperidine rings is 1. The van der Waals surface area contributed by atoms with Crippen LogP contribution in [0.5, 0.6) is 5.75 Å². The van der Waals surface area contributed by atoms with Gasteiger partial charge in [-0.15, -0.1) is 12.4 Å². The molecule has 0 aliphatic carbocycles. The standard InChI is InChI=1S/C18H29N3O2.ClH/c1-13(16-9-5-6-10-17(16)23-4)20-18(22)14(2)21-11-7-8-15(12-21)19-3;/h5-6,9-10,13-15,19H,7-8,11-12H2,1-4H3,(H,20,22);1H. The smallest absolute Gasteiger partial charge is 0.237 e. The molecular formula is C18H30ClN3O2. The van der Waals surface area contributed by atoms with E-state index in [-0.39, 0.29) is 30.4 Å². The van der Waals surface area contributed by atoms with E-state index in [4.69, 9.17) is 4.74 Å². The molecule has 1 aromatic carbocycles. The number of likely N-dealkylation sites (N-methyl/N-ethyl adjacent to an activating group) is 1. The summed E-state index contributed by atoms with van der Waals surface area (Å²) in [4.78, 5) is 14.9. The van der Waals surface area contributed by atoms with Crippen molar-refractivity contribution < 1.29 is 9.53 Å². The molecule has 1 fully saturated rings. The fourth-order valence-electron chi connectivity index (χ4n) is 3.20. The summed E-state index contributed by atoms with van der Waals surface area (Å²) >= 11 is 0. The van der Waals surface area contributed by atoms with Crippen LogP contribution in [0.1, 0.15) is 38.3 Å². The molecule has 5 nitrogen and oxygen atoms in total. The topological polar surface area (TPSA) is 53.6 Å². The summed E-state index contributed by atoms with van der Waals surface area (Å²) in [5.74, 6) is 0.876. The first-order valence-corrected chi connectivity index (χ1v) is 8.41. The average molecular weight is 356 g/mol. The highest BCUT2D eigenvalue weighted by Gasteiger charge is 2.27. The molecule has 6 heteroatoms. The first-order valence-electron chi connectivity index (χ1n) is 8.41. The number of carbonyl (C=O) groups excluding carboxylic acids is 1. The summed E-state index contributed by atoms with van der Waals surface area (Å²) < 4.78 is 5.38. The molecule has 3 atom stereocenters. The lowest BCUT2D eigenvalue weighted by atomic mass is 10.0. The number of methoxy groups -OCH3 is 1. The molecule has 0 radical (unpaired) electrons. The first-order chi connectivity index (χ1) is 11.1. The van der Waals surface area contributed by atoms with Gasteiger partial charge in [-0.2, -0.15) is 0 Å². The van der Waals surface area contributed by atoms with Crippen LogP contribution in [0.15, 0.2) is 24.3 Å². The zero-order chi connectivity index (χ0) is 16.8. The summed E-state index contributed by atoms with van der Waals surface area (Å²) in [5, 5.41) is 6.44. The number of hydrogen-bond donors (Lipinski definition) is 2. The quantitative estimate of drug-likeness (QED) is 0.822. The van der Waals surface area contributed by atoms with Gasteiger partial charge in [0.15, 0.2) is 0 Å². The predicted octanol–water partition coefficient (Wildman–Crippen LogP) is 2.37. The lowest BCUT2D eigenvalue weighted by molar-refractivity contribution is -0.127. The molecule has 1 heterocycles. The van der Waals surface area contributed by atoms with Gasteiger partial charge in [-0.05, 0) is 46.3 Å². The maximum Gasteiger partial charge on any atom is 0.237 e. The summed E-state index contributed by atoms with van der Waals surface area (Å²) in [7, 11) is 3.64. The van der Waals surface area contributed by atoms with Gasteiger partial charge in [0.2, 0.25) is 5.91 Å². The minimum absolute atomic E-state index is 0. The second kappa shape index (κ2) is 9.87. The van der Waals surface area contributed by atoms with Gasteiger partial charge in [0.05, 0.1) is 19.2 Å². The summed E-state index contributed by atoms with van der Waals surface area (Å²) in [5.41, 5.74) is 1.00. The van der Waals surface area contributed by atoms with E-state index in [9.17, 15) is 4.79 Å². The fourth-order valence-corrected chi connectivity index (χ4v) is 3.20. The maximum absolute atomic E-state index is 12.6. The number of benzene rings is 1. The van der Waals surface area contributed by atoms with E-state index < -0.39 is 0 Å². The molecule has 1 aliphatic heterocycles. The molecule has 1 amide bonds. The number of halogens is 1. The number of para-hydroxylation sites is 1. The summed E-state index contributed by atoms with van der Waals surface area (Å²) in [6.45, 7) is 5.89. The van der Waals surface area contributed by atoms with Gasteiger partial charge in [-0.3, -0.25) is 9.69 Å². The molecule has 1 saturated heterocycles. The number of carbonyl (C=O) groups is 1. The van der Waals surface area contributed by atoms with E-state index in [1.165, 1.54) is 6.42 Å². The van der Waals surface area contributed by atoms with Crippen molar-refractivity contribution in [2.24, 2.45) is 0 Å². The van der Waals surface area contributed by atoms with E-state index in [0.717, 1.165) is 30.8 Å². The third-order valence-corrected chi connectivity index (χ3v) is 4.75. The van der Waals surface area contributed by atoms with Crippen LogP contribution in [0.4, 0.5) is 0 Å². The van der Waals surface area contributed by atoms with Gasteiger partial charge < -0.3 is 15.4 Å². The van der Waals surface area contributed by atoms with Gasteiger partial charge in [-0.25, -0.2) is 0 Å². The van der Waals surface area contributed by atoms with Crippen LogP contribution >= 0.6 is 12.4 Å². The molecule has 0 bridgehead atoms. The Bertz CT molecular complexity index is 527. The van der Waals surface area contributed by atoms with Crippen LogP contribution in [-0.4, -0.2) is 50.1 Å². The normalized spacial score (nSPS) is 20.6. The Morgan fingerprint density at radius 1 is 1.33 bits per heavy atom. The number of nitrogens with one attached hydrogen (secondary N) is 2. The van der Waals surface area contributed by atoms with E-state index in [2.05, 4.69) is 15.5 Å². The molecule has 24 heavy (non-hydrogen) atoms. The lowest BCUT2D eigenvalue weighted by Crippen LogP contribution is -2.52. The largest absolute Gasteiger partial charge is 0.496 e. The Balaban J connectivity index is 0.00000288. The highest BCUT2D eigenvalue weighted by Crippen LogP contribution is 2.24. The average Bonchev–Trinajstić information content (AvgIpc) is 2.60. The number of amides is 1. The zero-order valence-electron chi connectivity index (χ0n) is 15.0. The monoisotopic (exact) mass is 355 g/mol. The number of hydrogen-bond acceptors (Lipinski definition) is 4. The highest BCUT2D eigenvalue weighted by atomic mass is 35.5. The van der Waals surface area contributed by atoms with E-state index in [1.54, 1.807) is 7.11 Å². The van der Waals surface area contributed by atoms with Crippen molar-refractivity contribution >= 4 is 18.3 Å². The molecule has 136 valence electrons. The maximum atomic E-state index is 12.6. The number of rotatable bonds is 6. The summed E-state index contributed by atoms with van der Waals surface area (Å²) in [6, 6.07) is 8.09. The molecular weight excluding hydrogens is 326 g/mol. The van der Waals surface area contributed by atoms with Gasteiger partial charge in [0.25, 0.3) is 0 Å². The second-order valence-corrected chi connectivity index (χ2v) is 6.27. The van der Waals surface area contributed by atoms with Gasteiger partial charge in [0, 0.05) is 18.2 Å². The minimum Gasteiger partial charge on any atom is -0.496 e. The molecule has 1 aliphatic rings. The Kier molecular flexibility index (Phi) is 8.53. The van der Waals surface area contributed by atoms with Crippen LogP contribution in [0.2, 0.25) is 0 Å². The molecule has 0 spiro atoms. The van der Waals surface area contributed by atoms with Crippen molar-refractivity contribution in [3.8, 4) is 5.75 Å². The van der Waals surface area contributed by atoms with Crippen molar-refractivity contribution in [1.29, 1.82) is 0 Å². The number of ether oxygens (including phenoxy) is 1. The van der Waals surface area contributed by atoms with Crippen LogP contribution in [0.25, 0.3) is 0 Å². The van der Waals surface area contributed by atoms with E-state index in [1.807, 2.05) is 45.2 Å². The van der Waals surface area contributed by atoms with Crippen molar-refractivity contribution in [3.63, 3.8) is 0 Å². The van der Waals surface area contributed by atoms with Crippen LogP contribution in [-0.2, 0) is 4.79 Å². The Labute approximate surface area is 151 Å². The highest BCUT2D eigenvalue weighted by molar-refractivity contribution is 5.85. The molecule has 2 N–H and O–H groups in total. The van der Waals surface area contributed by atoms with Crippen molar-refractivity contribution in [3.05, 3.63) is 29.8 Å². The van der Waals surface area contributed by atoms with Crippen molar-refractivity contribution in [2.45, 2.75) is 44.8 Å². The summed E-state index contributed by atoms with van der Waals surface area (Å²) in [6.07, 6.45) is 2.31. The molecule has 3 unspecified atom stereocenters. The van der Waals surface area contributed by atoms with Crippen molar-refractivity contribution in [1.82, 2.24) is 15.5 Å². The van der Waals surface area contributed by atoms with Gasteiger partial charge >= 0.3 is 0 Å². The zero-order valence-corrected chi connectivity index (χ0v) is 15.9. The molecule has 2 rings (SSSR count). The van der Waals surface area contributed by atoms with Crippen molar-refractivity contribution in [2.75, 3.05) is 27.2 Å². The van der Waals surface area contributed by atoms with Crippen LogP contribution in [0, 0.1) is 0 Å². The number of nitrogens with zero attached hydrogens (tertiary/aromatic N) is 1. The fraction of sp³-hybridized carbons (Fsp3) is 0.611. The third kappa shape index (κ3) is 5.10. The van der Waals surface area contributed by atoms with E-state index in [0.29, 0.717) is 6.04 Å². The molecule has 0 aromatic heterocycles. The Hall–Kier alpha value is -1.30. The Morgan fingerprint density at radius 2 is 2.04 bits per heavy atom. The third-order valence-electron chi connectivity index (χ3n) is 4.75. The predicted molar refractivity (Wildman–Crippen MR) is 99.9 cm³/mol. The minimum atomic E-state index is -0.122. The van der Waals surface area contributed by atoms with Gasteiger partial charge in [0.1, 0.15) is 5.75 Å². The lowest BCUT2D eigenvalue weighted by Gasteiger charge is -2.36. The van der Waals surface area contributed by atoms with Crippen LogP contribution < -0.4 is 15.4 Å². The van der Waals surface area contributed by atoms with Gasteiger partial charge in [-0.1, -0.05) is 18.2 Å². The van der Waals surface area contributed by atoms with Crippen LogP contribution in [0.3, 0.4) is 0 Å². The Morgan fingerprint density at radius 3 is 2.71 bits per heavy atom. The van der Waals surface area contributed by atoms with E-state index >= 15 is 0 Å². The first kappa shape index (κ1) is 20.7. The molecule has 0 saturated carbocycles. The second-order valence-electron chi connectivity index (χ2n) is 6.27. The molecule has 1 aromatic rings.